The molecule has 0 unspecified atom stereocenters. The lowest BCUT2D eigenvalue weighted by Crippen LogP contribution is -1.71. The van der Waals surface area contributed by atoms with Gasteiger partial charge in [-0.25, -0.2) is 0 Å². The Morgan fingerprint density at radius 2 is 1.20 bits per heavy atom. The highest BCUT2D eigenvalue weighted by Crippen LogP contribution is 2.01. The number of hydrogen-bond acceptors (Lipinski definition) is 0. The Morgan fingerprint density at radius 1 is 1.00 bits per heavy atom. The lowest BCUT2D eigenvalue weighted by atomic mass is 10.1. The van der Waals surface area contributed by atoms with E-state index in [2.05, 4.69) is 12.2 Å². The van der Waals surface area contributed by atoms with E-state index >= 15 is 0 Å². The molecule has 0 amide bonds. The van der Waals surface area contributed by atoms with Crippen molar-refractivity contribution in [3.8, 4) is 0 Å². The number of rotatable bonds is 0. The molecule has 0 saturated carbocycles. The van der Waals surface area contributed by atoms with Crippen molar-refractivity contribution in [2.75, 3.05) is 0 Å². The molecule has 0 fully saturated rings. The predicted octanol–water partition coefficient (Wildman–Crippen LogP) is 1.22. The lowest BCUT2D eigenvalue weighted by molar-refractivity contribution is 0.686. The van der Waals surface area contributed by atoms with E-state index in [1.54, 1.807) is 0 Å². The maximum absolute atomic E-state index is 2.18. The molecule has 1 rings (SSSR count). The van der Waals surface area contributed by atoms with Crippen molar-refractivity contribution in [1.82, 2.24) is 0 Å². The summed E-state index contributed by atoms with van der Waals surface area (Å²) in [5.74, 6) is 0. The van der Waals surface area contributed by atoms with Gasteiger partial charge in [-0.2, -0.15) is 0 Å². The smallest absolute Gasteiger partial charge is 0 e. The molecule has 2 radical (unpaired) electrons. The minimum Gasteiger partial charge on any atom is -0.0882 e. The summed E-state index contributed by atoms with van der Waals surface area (Å²) in [5, 5.41) is 0. The van der Waals surface area contributed by atoms with E-state index in [1.807, 2.05) is 0 Å². The largest absolute Gasteiger partial charge is 0.0882 e. The third-order valence-corrected chi connectivity index (χ3v) is 0.667. The molecular formula is C4H6O. The Balaban J connectivity index is 0.000000160. The highest BCUT2D eigenvalue weighted by Gasteiger charge is 1.81. The second-order valence-electron chi connectivity index (χ2n) is 1.05. The molecule has 0 aliphatic heterocycles. The van der Waals surface area contributed by atoms with Crippen LogP contribution in [0.4, 0.5) is 0 Å². The van der Waals surface area contributed by atoms with E-state index in [-0.39, 0.29) is 5.48 Å². The fraction of sp³-hybridized carbons (Fsp3) is 0.500. The maximum atomic E-state index is 2.18. The lowest BCUT2D eigenvalue weighted by Gasteiger charge is -1.92. The SMILES string of the molecule is C1=CCC1.[O]. The van der Waals surface area contributed by atoms with Crippen molar-refractivity contribution in [3.05, 3.63) is 12.2 Å². The van der Waals surface area contributed by atoms with Crippen molar-refractivity contribution in [2.24, 2.45) is 0 Å². The van der Waals surface area contributed by atoms with E-state index in [0.29, 0.717) is 0 Å². The van der Waals surface area contributed by atoms with Gasteiger partial charge in [0.05, 0.1) is 0 Å². The van der Waals surface area contributed by atoms with Crippen molar-refractivity contribution in [1.29, 1.82) is 0 Å². The molecule has 1 aliphatic carbocycles. The van der Waals surface area contributed by atoms with Gasteiger partial charge in [-0.05, 0) is 12.8 Å². The molecule has 0 heterocycles. The summed E-state index contributed by atoms with van der Waals surface area (Å²) in [6, 6.07) is 0. The summed E-state index contributed by atoms with van der Waals surface area (Å²) in [7, 11) is 0. The first-order chi connectivity index (χ1) is 2.00. The summed E-state index contributed by atoms with van der Waals surface area (Å²) in [5.41, 5.74) is 0. The van der Waals surface area contributed by atoms with Gasteiger partial charge in [0, 0.05) is 5.48 Å². The van der Waals surface area contributed by atoms with E-state index in [4.69, 9.17) is 0 Å². The first-order valence-corrected chi connectivity index (χ1v) is 1.65. The standard InChI is InChI=1S/C4H6.O/c1-2-4-3-1;/h1-2H,3-4H2;. The zero-order valence-electron chi connectivity index (χ0n) is 2.98. The maximum Gasteiger partial charge on any atom is 0 e. The van der Waals surface area contributed by atoms with Crippen LogP contribution in [0, 0.1) is 0 Å². The minimum absolute atomic E-state index is 0. The van der Waals surface area contributed by atoms with Gasteiger partial charge in [-0.1, -0.05) is 12.2 Å². The van der Waals surface area contributed by atoms with Gasteiger partial charge in [0.15, 0.2) is 0 Å². The third kappa shape index (κ3) is 0.781. The molecule has 0 spiro atoms. The van der Waals surface area contributed by atoms with Crippen LogP contribution < -0.4 is 0 Å². The summed E-state index contributed by atoms with van der Waals surface area (Å²) in [4.78, 5) is 0. The minimum atomic E-state index is 0. The Hall–Kier alpha value is -0.300. The van der Waals surface area contributed by atoms with Crippen LogP contribution in [0.1, 0.15) is 12.8 Å². The molecule has 0 atom stereocenters. The van der Waals surface area contributed by atoms with Crippen LogP contribution in [-0.2, 0) is 5.48 Å². The quantitative estimate of drug-likeness (QED) is 0.383. The second kappa shape index (κ2) is 1.97. The molecule has 1 aliphatic rings. The van der Waals surface area contributed by atoms with Gasteiger partial charge in [0.25, 0.3) is 0 Å². The van der Waals surface area contributed by atoms with E-state index in [9.17, 15) is 0 Å². The molecule has 1 heteroatoms. The monoisotopic (exact) mass is 70.0 g/mol. The zero-order valence-corrected chi connectivity index (χ0v) is 2.98. The van der Waals surface area contributed by atoms with Gasteiger partial charge >= 0.3 is 0 Å². The van der Waals surface area contributed by atoms with Crippen LogP contribution in [0.15, 0.2) is 12.2 Å². The highest BCUT2D eigenvalue weighted by molar-refractivity contribution is 4.92. The highest BCUT2D eigenvalue weighted by atomic mass is 16.0. The molecule has 0 aromatic carbocycles. The molecule has 0 aromatic heterocycles. The van der Waals surface area contributed by atoms with Crippen molar-refractivity contribution < 1.29 is 5.48 Å². The van der Waals surface area contributed by atoms with E-state index in [1.165, 1.54) is 12.8 Å². The van der Waals surface area contributed by atoms with Gasteiger partial charge < -0.3 is 0 Å². The average molecular weight is 70.1 g/mol. The molecule has 1 nitrogen and oxygen atoms in total. The van der Waals surface area contributed by atoms with Gasteiger partial charge in [0.1, 0.15) is 0 Å². The van der Waals surface area contributed by atoms with Crippen LogP contribution in [0.25, 0.3) is 0 Å². The van der Waals surface area contributed by atoms with Crippen LogP contribution in [0.3, 0.4) is 0 Å². The number of hydrogen-bond donors (Lipinski definition) is 0. The molecule has 0 aromatic rings. The van der Waals surface area contributed by atoms with E-state index < -0.39 is 0 Å². The van der Waals surface area contributed by atoms with Gasteiger partial charge in [-0.15, -0.1) is 0 Å². The molecule has 0 saturated heterocycles. The van der Waals surface area contributed by atoms with Crippen LogP contribution >= 0.6 is 0 Å². The summed E-state index contributed by atoms with van der Waals surface area (Å²) in [6.07, 6.45) is 7.00. The Morgan fingerprint density at radius 3 is 1.20 bits per heavy atom. The Labute approximate surface area is 31.6 Å². The fourth-order valence-corrected chi connectivity index (χ4v) is 0.167. The predicted molar refractivity (Wildman–Crippen MR) is 19.1 cm³/mol. The van der Waals surface area contributed by atoms with Crippen LogP contribution in [0.2, 0.25) is 0 Å². The normalized spacial score (nSPS) is 16.0. The summed E-state index contributed by atoms with van der Waals surface area (Å²) >= 11 is 0. The molecule has 0 N–H and O–H groups in total. The third-order valence-electron chi connectivity index (χ3n) is 0.667. The molecular weight excluding hydrogens is 64.0 g/mol. The van der Waals surface area contributed by atoms with Crippen molar-refractivity contribution in [2.45, 2.75) is 12.8 Å². The van der Waals surface area contributed by atoms with Crippen molar-refractivity contribution in [3.63, 3.8) is 0 Å². The summed E-state index contributed by atoms with van der Waals surface area (Å²) in [6.45, 7) is 0. The van der Waals surface area contributed by atoms with E-state index in [0.717, 1.165) is 0 Å². The molecule has 28 valence electrons. The van der Waals surface area contributed by atoms with Crippen LogP contribution in [0.5, 0.6) is 0 Å². The Kier molecular flexibility index (Phi) is 1.85. The topological polar surface area (TPSA) is 28.5 Å². The Bertz CT molecular complexity index is 32.9. The van der Waals surface area contributed by atoms with Crippen LogP contribution in [-0.4, -0.2) is 0 Å². The van der Waals surface area contributed by atoms with Gasteiger partial charge in [-0.3, -0.25) is 0 Å². The van der Waals surface area contributed by atoms with Gasteiger partial charge in [0.2, 0.25) is 0 Å². The molecule has 5 heavy (non-hydrogen) atoms. The second-order valence-corrected chi connectivity index (χ2v) is 1.05. The summed E-state index contributed by atoms with van der Waals surface area (Å²) < 4.78 is 0. The zero-order chi connectivity index (χ0) is 2.83. The first kappa shape index (κ1) is 4.70. The number of allylic oxidation sites excluding steroid dienone is 2. The fourth-order valence-electron chi connectivity index (χ4n) is 0.167. The van der Waals surface area contributed by atoms with Crippen molar-refractivity contribution >= 4 is 0 Å². The average Bonchev–Trinajstić information content (AvgIpc) is 0.722. The first-order valence-electron chi connectivity index (χ1n) is 1.65. The molecule has 0 bridgehead atoms.